The molecule has 1 aromatic heterocycles. The van der Waals surface area contributed by atoms with Crippen LogP contribution in [0.25, 0.3) is 0 Å². The molecule has 118 valence electrons. The molecule has 0 spiro atoms. The number of hydrogen-bond acceptors (Lipinski definition) is 5. The maximum atomic E-state index is 11.8. The zero-order valence-electron chi connectivity index (χ0n) is 12.9. The summed E-state index contributed by atoms with van der Waals surface area (Å²) >= 11 is 0. The Bertz CT molecular complexity index is 593. The Kier molecular flexibility index (Phi) is 4.87. The number of nitrogens with one attached hydrogen (secondary N) is 1. The number of hydrogen-bond donors (Lipinski definition) is 2. The number of rotatable bonds is 6. The Balaban J connectivity index is 2.30. The first-order valence-corrected chi connectivity index (χ1v) is 7.05. The number of carboxylic acids is 1. The van der Waals surface area contributed by atoms with Gasteiger partial charge in [0.1, 0.15) is 6.10 Å². The molecule has 0 saturated heterocycles. The molecule has 0 aliphatic rings. The number of ether oxygens (including phenoxy) is 1. The number of carboxylic acid groups (broad SMARTS) is 1. The lowest BCUT2D eigenvalue weighted by Crippen LogP contribution is -2.33. The van der Waals surface area contributed by atoms with Crippen LogP contribution in [0, 0.1) is 5.92 Å². The van der Waals surface area contributed by atoms with Crippen LogP contribution >= 0.6 is 0 Å². The molecule has 0 bridgehead atoms. The topological polar surface area (TPSA) is 101 Å². The highest BCUT2D eigenvalue weighted by atomic mass is 16.5. The predicted molar refractivity (Wildman–Crippen MR) is 79.0 cm³/mol. The Morgan fingerprint density at radius 1 is 1.32 bits per heavy atom. The summed E-state index contributed by atoms with van der Waals surface area (Å²) in [6.07, 6.45) is -0.456. The molecule has 2 aromatic rings. The van der Waals surface area contributed by atoms with Crippen LogP contribution in [0.1, 0.15) is 38.3 Å². The Morgan fingerprint density at radius 2 is 2.00 bits per heavy atom. The highest BCUT2D eigenvalue weighted by Crippen LogP contribution is 2.31. The minimum Gasteiger partial charge on any atom is -0.481 e. The summed E-state index contributed by atoms with van der Waals surface area (Å²) in [4.78, 5) is 11.8. The number of carbonyl (C=O) groups is 1. The van der Waals surface area contributed by atoms with E-state index in [1.807, 2.05) is 51.1 Å². The van der Waals surface area contributed by atoms with Gasteiger partial charge in [-0.15, -0.1) is 10.2 Å². The normalized spacial score (nSPS) is 14.5. The second-order valence-electron chi connectivity index (χ2n) is 6.06. The van der Waals surface area contributed by atoms with E-state index in [0.717, 1.165) is 5.56 Å². The fourth-order valence-corrected chi connectivity index (χ4v) is 2.18. The Morgan fingerprint density at radius 3 is 2.50 bits per heavy atom. The van der Waals surface area contributed by atoms with E-state index in [2.05, 4.69) is 20.6 Å². The van der Waals surface area contributed by atoms with Crippen LogP contribution in [0.4, 0.5) is 0 Å². The van der Waals surface area contributed by atoms with E-state index < -0.39 is 23.6 Å². The third kappa shape index (κ3) is 4.36. The number of aromatic amines is 1. The fraction of sp³-hybridized carbons (Fsp3) is 0.467. The number of tetrazole rings is 1. The fourth-order valence-electron chi connectivity index (χ4n) is 2.18. The van der Waals surface area contributed by atoms with Gasteiger partial charge >= 0.3 is 5.97 Å². The first-order chi connectivity index (χ1) is 10.4. The van der Waals surface area contributed by atoms with E-state index in [1.165, 1.54) is 0 Å². The van der Waals surface area contributed by atoms with Gasteiger partial charge in [0.2, 0.25) is 5.82 Å². The van der Waals surface area contributed by atoms with Crippen LogP contribution in [0.3, 0.4) is 0 Å². The van der Waals surface area contributed by atoms with Crippen molar-refractivity contribution in [1.29, 1.82) is 0 Å². The second kappa shape index (κ2) is 6.65. The van der Waals surface area contributed by atoms with E-state index in [1.54, 1.807) is 0 Å². The van der Waals surface area contributed by atoms with E-state index in [0.29, 0.717) is 6.42 Å². The zero-order valence-corrected chi connectivity index (χ0v) is 12.9. The molecular formula is C15H20N4O3. The minimum absolute atomic E-state index is 0.248. The van der Waals surface area contributed by atoms with E-state index in [9.17, 15) is 9.90 Å². The van der Waals surface area contributed by atoms with Crippen molar-refractivity contribution in [3.05, 3.63) is 41.7 Å². The minimum atomic E-state index is -0.956. The molecule has 0 aliphatic carbocycles. The highest BCUT2D eigenvalue weighted by molar-refractivity contribution is 5.71. The lowest BCUT2D eigenvalue weighted by Gasteiger charge is -2.29. The van der Waals surface area contributed by atoms with Gasteiger partial charge in [-0.3, -0.25) is 4.79 Å². The van der Waals surface area contributed by atoms with E-state index in [4.69, 9.17) is 4.74 Å². The molecule has 22 heavy (non-hydrogen) atoms. The number of benzene rings is 1. The van der Waals surface area contributed by atoms with Crippen molar-refractivity contribution in [2.75, 3.05) is 0 Å². The molecular weight excluding hydrogens is 284 g/mol. The molecule has 0 radical (unpaired) electrons. The van der Waals surface area contributed by atoms with Crippen molar-refractivity contribution in [3.8, 4) is 0 Å². The SMILES string of the molecule is CC(C)(C)OC(c1nn[nH]n1)C(Cc1ccccc1)C(=O)O. The molecule has 1 aromatic carbocycles. The van der Waals surface area contributed by atoms with Gasteiger partial charge in [0, 0.05) is 0 Å². The second-order valence-corrected chi connectivity index (χ2v) is 6.06. The summed E-state index contributed by atoms with van der Waals surface area (Å²) in [5.41, 5.74) is 0.385. The highest BCUT2D eigenvalue weighted by Gasteiger charge is 2.36. The van der Waals surface area contributed by atoms with Crippen LogP contribution in [0.15, 0.2) is 30.3 Å². The largest absolute Gasteiger partial charge is 0.481 e. The first-order valence-electron chi connectivity index (χ1n) is 7.05. The molecule has 2 rings (SSSR count). The first kappa shape index (κ1) is 16.1. The average Bonchev–Trinajstić information content (AvgIpc) is 2.96. The molecule has 2 atom stereocenters. The molecule has 0 aliphatic heterocycles. The van der Waals surface area contributed by atoms with Gasteiger partial charge in [-0.1, -0.05) is 35.5 Å². The maximum Gasteiger partial charge on any atom is 0.309 e. The average molecular weight is 304 g/mol. The van der Waals surface area contributed by atoms with Crippen LogP contribution in [-0.2, 0) is 16.0 Å². The van der Waals surface area contributed by atoms with Gasteiger partial charge in [0.05, 0.1) is 11.5 Å². The Labute approximate surface area is 128 Å². The molecule has 0 amide bonds. The summed E-state index contributed by atoms with van der Waals surface area (Å²) in [7, 11) is 0. The van der Waals surface area contributed by atoms with Crippen molar-refractivity contribution < 1.29 is 14.6 Å². The van der Waals surface area contributed by atoms with Gasteiger partial charge in [0.15, 0.2) is 0 Å². The monoisotopic (exact) mass is 304 g/mol. The molecule has 7 nitrogen and oxygen atoms in total. The lowest BCUT2D eigenvalue weighted by molar-refractivity contribution is -0.155. The third-order valence-corrected chi connectivity index (χ3v) is 3.08. The molecule has 7 heteroatoms. The summed E-state index contributed by atoms with van der Waals surface area (Å²) < 4.78 is 5.91. The van der Waals surface area contributed by atoms with Gasteiger partial charge in [-0.2, -0.15) is 5.21 Å². The summed E-state index contributed by atoms with van der Waals surface area (Å²) in [6, 6.07) is 9.42. The zero-order chi connectivity index (χ0) is 16.2. The van der Waals surface area contributed by atoms with Crippen LogP contribution in [0.5, 0.6) is 0 Å². The summed E-state index contributed by atoms with van der Waals surface area (Å²) in [6.45, 7) is 5.59. The van der Waals surface area contributed by atoms with Gasteiger partial charge in [-0.05, 0) is 32.8 Å². The standard InChI is InChI=1S/C15H20N4O3/c1-15(2,3)22-12(13-16-18-19-17-13)11(14(20)21)9-10-7-5-4-6-8-10/h4-8,11-12H,9H2,1-3H3,(H,20,21)(H,16,17,18,19). The Hall–Kier alpha value is -2.28. The van der Waals surface area contributed by atoms with Crippen molar-refractivity contribution in [2.24, 2.45) is 5.92 Å². The molecule has 2 unspecified atom stereocenters. The number of aliphatic carboxylic acids is 1. The molecule has 0 fully saturated rings. The predicted octanol–water partition coefficient (Wildman–Crippen LogP) is 2.00. The number of nitrogens with zero attached hydrogens (tertiary/aromatic N) is 3. The van der Waals surface area contributed by atoms with Crippen LogP contribution < -0.4 is 0 Å². The number of aromatic nitrogens is 4. The maximum absolute atomic E-state index is 11.8. The molecule has 2 N–H and O–H groups in total. The third-order valence-electron chi connectivity index (χ3n) is 3.08. The van der Waals surface area contributed by atoms with Gasteiger partial charge in [-0.25, -0.2) is 0 Å². The van der Waals surface area contributed by atoms with E-state index >= 15 is 0 Å². The van der Waals surface area contributed by atoms with Crippen molar-refractivity contribution >= 4 is 5.97 Å². The van der Waals surface area contributed by atoms with Crippen molar-refractivity contribution in [1.82, 2.24) is 20.6 Å². The lowest BCUT2D eigenvalue weighted by atomic mass is 9.93. The van der Waals surface area contributed by atoms with Crippen LogP contribution in [0.2, 0.25) is 0 Å². The van der Waals surface area contributed by atoms with E-state index in [-0.39, 0.29) is 5.82 Å². The van der Waals surface area contributed by atoms with Crippen molar-refractivity contribution in [2.45, 2.75) is 38.9 Å². The molecule has 0 saturated carbocycles. The van der Waals surface area contributed by atoms with Crippen LogP contribution in [-0.4, -0.2) is 37.3 Å². The molecule has 1 heterocycles. The number of H-pyrrole nitrogens is 1. The quantitative estimate of drug-likeness (QED) is 0.846. The smallest absolute Gasteiger partial charge is 0.309 e. The summed E-state index contributed by atoms with van der Waals surface area (Å²) in [5.74, 6) is -1.51. The summed E-state index contributed by atoms with van der Waals surface area (Å²) in [5, 5.41) is 23.3. The van der Waals surface area contributed by atoms with Gasteiger partial charge < -0.3 is 9.84 Å². The van der Waals surface area contributed by atoms with Gasteiger partial charge in [0.25, 0.3) is 0 Å². The van der Waals surface area contributed by atoms with Crippen molar-refractivity contribution in [3.63, 3.8) is 0 Å².